The van der Waals surface area contributed by atoms with E-state index in [1.165, 1.54) is 23.1 Å². The number of hydrogen-bond acceptors (Lipinski definition) is 6. The summed E-state index contributed by atoms with van der Waals surface area (Å²) in [6.07, 6.45) is -0.257. The van der Waals surface area contributed by atoms with E-state index in [1.54, 1.807) is 51.1 Å². The van der Waals surface area contributed by atoms with Crippen LogP contribution in [0.25, 0.3) is 0 Å². The number of hydrogen-bond donors (Lipinski definition) is 4. The second-order valence-corrected chi connectivity index (χ2v) is 12.1. The third-order valence-electron chi connectivity index (χ3n) is 7.17. The second-order valence-electron chi connectivity index (χ2n) is 12.1. The van der Waals surface area contributed by atoms with Crippen LogP contribution in [-0.2, 0) is 27.3 Å². The van der Waals surface area contributed by atoms with E-state index in [0.29, 0.717) is 12.0 Å². The number of ether oxygens (including phenoxy) is 1. The van der Waals surface area contributed by atoms with Gasteiger partial charge < -0.3 is 30.5 Å². The fourth-order valence-electron chi connectivity index (χ4n) is 4.63. The molecule has 230 valence electrons. The number of phenols is 2. The number of amides is 3. The van der Waals surface area contributed by atoms with E-state index in [4.69, 9.17) is 4.74 Å². The van der Waals surface area contributed by atoms with Crippen LogP contribution in [0.1, 0.15) is 70.7 Å². The summed E-state index contributed by atoms with van der Waals surface area (Å²) < 4.78 is 5.49. The highest BCUT2D eigenvalue weighted by atomic mass is 16.6. The summed E-state index contributed by atoms with van der Waals surface area (Å²) in [7, 11) is 0. The minimum atomic E-state index is -1.23. The molecule has 43 heavy (non-hydrogen) atoms. The normalized spacial score (nSPS) is 13.0. The maximum Gasteiger partial charge on any atom is 0.408 e. The number of nitrogens with one attached hydrogen (secondary N) is 2. The van der Waals surface area contributed by atoms with Gasteiger partial charge in [0.2, 0.25) is 11.8 Å². The molecule has 0 aliphatic heterocycles. The molecular weight excluding hydrogens is 546 g/mol. The summed E-state index contributed by atoms with van der Waals surface area (Å²) in [6, 6.07) is 19.8. The number of carbonyl (C=O) groups is 3. The van der Waals surface area contributed by atoms with Crippen molar-refractivity contribution in [1.82, 2.24) is 15.5 Å². The molecule has 0 aliphatic rings. The van der Waals surface area contributed by atoms with Gasteiger partial charge in [-0.05, 0) is 70.4 Å². The van der Waals surface area contributed by atoms with Crippen LogP contribution in [0.3, 0.4) is 0 Å². The molecule has 0 spiro atoms. The second kappa shape index (κ2) is 14.1. The molecule has 3 aromatic carbocycles. The van der Waals surface area contributed by atoms with Gasteiger partial charge in [-0.1, -0.05) is 67.6 Å². The fraction of sp³-hybridized carbons (Fsp3) is 0.382. The van der Waals surface area contributed by atoms with E-state index in [2.05, 4.69) is 10.6 Å². The summed E-state index contributed by atoms with van der Waals surface area (Å²) in [5.74, 6) is -1.09. The minimum Gasteiger partial charge on any atom is -0.508 e. The van der Waals surface area contributed by atoms with E-state index >= 15 is 0 Å². The molecule has 0 aromatic heterocycles. The average Bonchev–Trinajstić information content (AvgIpc) is 2.95. The van der Waals surface area contributed by atoms with Crippen LogP contribution in [0.5, 0.6) is 11.5 Å². The molecule has 3 rings (SSSR count). The van der Waals surface area contributed by atoms with Crippen LogP contribution < -0.4 is 10.6 Å². The molecule has 0 bridgehead atoms. The molecular formula is C34H43N3O6. The molecule has 0 heterocycles. The van der Waals surface area contributed by atoms with Crippen molar-refractivity contribution < 1.29 is 29.3 Å². The largest absolute Gasteiger partial charge is 0.508 e. The first kappa shape index (κ1) is 33.0. The first-order valence-electron chi connectivity index (χ1n) is 14.4. The van der Waals surface area contributed by atoms with Crippen LogP contribution in [0.2, 0.25) is 0 Å². The number of phenolic OH excluding ortho intramolecular Hbond substituents is 2. The Morgan fingerprint density at radius 1 is 0.837 bits per heavy atom. The van der Waals surface area contributed by atoms with Crippen LogP contribution in [-0.4, -0.2) is 50.2 Å². The zero-order chi connectivity index (χ0) is 31.8. The van der Waals surface area contributed by atoms with Gasteiger partial charge in [0.25, 0.3) is 0 Å². The Balaban J connectivity index is 2.10. The van der Waals surface area contributed by atoms with Crippen molar-refractivity contribution >= 4 is 17.9 Å². The van der Waals surface area contributed by atoms with Crippen molar-refractivity contribution in [2.75, 3.05) is 0 Å². The number of rotatable bonds is 11. The summed E-state index contributed by atoms with van der Waals surface area (Å²) in [4.78, 5) is 43.2. The quantitative estimate of drug-likeness (QED) is 0.230. The third-order valence-corrected chi connectivity index (χ3v) is 7.17. The molecule has 4 N–H and O–H groups in total. The molecule has 0 saturated heterocycles. The van der Waals surface area contributed by atoms with Gasteiger partial charge in [0, 0.05) is 24.1 Å². The van der Waals surface area contributed by atoms with Gasteiger partial charge in [-0.3, -0.25) is 9.59 Å². The Morgan fingerprint density at radius 3 is 2.02 bits per heavy atom. The van der Waals surface area contributed by atoms with Crippen molar-refractivity contribution in [2.45, 2.75) is 84.2 Å². The van der Waals surface area contributed by atoms with Gasteiger partial charge in [-0.2, -0.15) is 0 Å². The standard InChI is InChI=1S/C34H43N3O6/c1-7-34(5,6)37(29(26-15-11-12-16-28(26)39)30(40)35-22-24-13-9-8-10-14-24)31(41)27(36-32(42)43-33(2,3)4)21-23-17-19-25(38)20-18-23/h8-20,27,29,38-39H,7,21-22H2,1-6H3,(H,35,40)(H,36,42). The van der Waals surface area contributed by atoms with Crippen molar-refractivity contribution in [1.29, 1.82) is 0 Å². The topological polar surface area (TPSA) is 128 Å². The van der Waals surface area contributed by atoms with E-state index < -0.39 is 41.1 Å². The lowest BCUT2D eigenvalue weighted by atomic mass is 9.90. The van der Waals surface area contributed by atoms with Crippen LogP contribution in [0, 0.1) is 0 Å². The molecule has 0 fully saturated rings. The maximum absolute atomic E-state index is 14.7. The first-order chi connectivity index (χ1) is 20.2. The smallest absolute Gasteiger partial charge is 0.408 e. The van der Waals surface area contributed by atoms with Crippen molar-refractivity contribution in [3.05, 3.63) is 95.6 Å². The van der Waals surface area contributed by atoms with E-state index in [9.17, 15) is 24.6 Å². The highest BCUT2D eigenvalue weighted by molar-refractivity contribution is 5.93. The summed E-state index contributed by atoms with van der Waals surface area (Å²) in [5.41, 5.74) is 0.0968. The lowest BCUT2D eigenvalue weighted by molar-refractivity contribution is -0.149. The van der Waals surface area contributed by atoms with Crippen LogP contribution in [0.4, 0.5) is 4.79 Å². The molecule has 3 aromatic rings. The highest BCUT2D eigenvalue weighted by Gasteiger charge is 2.44. The summed E-state index contributed by atoms with van der Waals surface area (Å²) in [5, 5.41) is 26.4. The highest BCUT2D eigenvalue weighted by Crippen LogP contribution is 2.36. The zero-order valence-corrected chi connectivity index (χ0v) is 25.8. The number of benzene rings is 3. The number of nitrogens with zero attached hydrogens (tertiary/aromatic N) is 1. The predicted molar refractivity (Wildman–Crippen MR) is 165 cm³/mol. The van der Waals surface area contributed by atoms with E-state index in [-0.39, 0.29) is 30.0 Å². The molecule has 0 saturated carbocycles. The third kappa shape index (κ3) is 9.23. The van der Waals surface area contributed by atoms with Crippen molar-refractivity contribution in [3.63, 3.8) is 0 Å². The van der Waals surface area contributed by atoms with Crippen molar-refractivity contribution in [3.8, 4) is 11.5 Å². The Bertz CT molecular complexity index is 1380. The van der Waals surface area contributed by atoms with Gasteiger partial charge in [-0.25, -0.2) is 4.79 Å². The van der Waals surface area contributed by atoms with Gasteiger partial charge >= 0.3 is 6.09 Å². The summed E-state index contributed by atoms with van der Waals surface area (Å²) in [6.45, 7) is 11.0. The predicted octanol–water partition coefficient (Wildman–Crippen LogP) is 5.61. The molecule has 9 heteroatoms. The molecule has 2 atom stereocenters. The molecule has 9 nitrogen and oxygen atoms in total. The minimum absolute atomic E-state index is 0.0633. The van der Waals surface area contributed by atoms with Crippen LogP contribution >= 0.6 is 0 Å². The SMILES string of the molecule is CCC(C)(C)N(C(=O)C(Cc1ccc(O)cc1)NC(=O)OC(C)(C)C)C(C(=O)NCc1ccccc1)c1ccccc1O. The van der Waals surface area contributed by atoms with Gasteiger partial charge in [-0.15, -0.1) is 0 Å². The number of alkyl carbamates (subject to hydrolysis) is 1. The Hall–Kier alpha value is -4.53. The lowest BCUT2D eigenvalue weighted by Crippen LogP contribution is -2.59. The van der Waals surface area contributed by atoms with E-state index in [0.717, 1.165) is 5.56 Å². The van der Waals surface area contributed by atoms with E-state index in [1.807, 2.05) is 51.1 Å². The van der Waals surface area contributed by atoms with Crippen molar-refractivity contribution in [2.24, 2.45) is 0 Å². The summed E-state index contributed by atoms with van der Waals surface area (Å²) >= 11 is 0. The first-order valence-corrected chi connectivity index (χ1v) is 14.4. The zero-order valence-electron chi connectivity index (χ0n) is 25.8. The maximum atomic E-state index is 14.7. The number of aromatic hydroxyl groups is 2. The lowest BCUT2D eigenvalue weighted by Gasteiger charge is -2.44. The Kier molecular flexibility index (Phi) is 10.8. The molecule has 0 radical (unpaired) electrons. The number of para-hydroxylation sites is 1. The monoisotopic (exact) mass is 589 g/mol. The average molecular weight is 590 g/mol. The van der Waals surface area contributed by atoms with Gasteiger partial charge in [0.1, 0.15) is 29.2 Å². The van der Waals surface area contributed by atoms with Gasteiger partial charge in [0.15, 0.2) is 0 Å². The molecule has 2 unspecified atom stereocenters. The molecule has 3 amide bonds. The van der Waals surface area contributed by atoms with Gasteiger partial charge in [0.05, 0.1) is 0 Å². The molecule has 0 aliphatic carbocycles. The van der Waals surface area contributed by atoms with Crippen LogP contribution in [0.15, 0.2) is 78.9 Å². The Morgan fingerprint density at radius 2 is 1.44 bits per heavy atom. The fourth-order valence-corrected chi connectivity index (χ4v) is 4.63. The number of carbonyl (C=O) groups excluding carboxylic acids is 3. The Labute approximate surface area is 253 Å².